The Morgan fingerprint density at radius 3 is 2.06 bits per heavy atom. The molecule has 2 saturated carbocycles. The predicted octanol–water partition coefficient (Wildman–Crippen LogP) is 10.6. The summed E-state index contributed by atoms with van der Waals surface area (Å²) in [6.45, 7) is 13.3. The number of fused-ring (bicyclic) bond motifs is 3. The molecule has 0 radical (unpaired) electrons. The van der Waals surface area contributed by atoms with Crippen LogP contribution in [0.2, 0.25) is 0 Å². The molecule has 0 heterocycles. The summed E-state index contributed by atoms with van der Waals surface area (Å²) in [5.41, 5.74) is 3.28. The number of allylic oxidation sites excluding steroid dienone is 9. The zero-order chi connectivity index (χ0) is 23.3. The number of rotatable bonds is 6. The number of hydrogen-bond acceptors (Lipinski definition) is 0. The molecule has 0 aromatic heterocycles. The summed E-state index contributed by atoms with van der Waals surface area (Å²) in [6.07, 6.45) is 27.2. The summed E-state index contributed by atoms with van der Waals surface area (Å²) in [5.74, 6) is 5.65. The molecular formula is C31H48Cl2Zr. The van der Waals surface area contributed by atoms with Gasteiger partial charge >= 0.3 is 37.9 Å². The van der Waals surface area contributed by atoms with Gasteiger partial charge in [-0.2, -0.15) is 0 Å². The standard InChI is InChI=1S/C29H42.2CH3.2ClH.Zr/c1-6-7-8-21-10-11-22(18-21)12-15-26-27-17-20(2)9-14-24(27)25-16-13-23(19-28(25)26)29(3,4)5;;;;;/h6,9,13-14,16-17,19,21-22,24-28H,1,7-8,10-12,15,18H2,2-5H3;2*1H3;2*1H;/q;2*-1;;;+4/p-2. The van der Waals surface area contributed by atoms with Crippen LogP contribution in [-0.2, 0) is 20.8 Å². The van der Waals surface area contributed by atoms with E-state index in [1.165, 1.54) is 50.5 Å². The Labute approximate surface area is 231 Å². The molecule has 0 aliphatic heterocycles. The van der Waals surface area contributed by atoms with Crippen LogP contribution >= 0.6 is 17.0 Å². The third kappa shape index (κ3) is 8.08. The molecule has 7 unspecified atom stereocenters. The molecule has 4 aliphatic rings. The molecule has 0 saturated heterocycles. The van der Waals surface area contributed by atoms with Gasteiger partial charge in [-0.05, 0) is 85.0 Å². The van der Waals surface area contributed by atoms with E-state index in [4.69, 9.17) is 17.0 Å². The molecule has 7 atom stereocenters. The SMILES string of the molecule is C=CCCC1CCC(CCC2C3C=C(C)C=CC3C3C=CC(C(C)(C)C)=CC32)C1.[CH3-].[CH3-].[Cl][Zr+2][Cl]. The third-order valence-corrected chi connectivity index (χ3v) is 8.43. The maximum absolute atomic E-state index is 4.93. The molecule has 0 N–H and O–H groups in total. The molecular weight excluding hydrogens is 534 g/mol. The van der Waals surface area contributed by atoms with Crippen molar-refractivity contribution in [2.45, 2.75) is 72.6 Å². The van der Waals surface area contributed by atoms with Gasteiger partial charge in [-0.3, -0.25) is 0 Å². The number of halogens is 2. The third-order valence-electron chi connectivity index (χ3n) is 8.43. The maximum atomic E-state index is 4.93. The Balaban J connectivity index is 0.00000110. The molecule has 4 aliphatic carbocycles. The van der Waals surface area contributed by atoms with Gasteiger partial charge in [-0.15, -0.1) is 6.58 Å². The molecule has 4 rings (SSSR count). The van der Waals surface area contributed by atoms with Crippen molar-refractivity contribution < 1.29 is 20.8 Å². The molecule has 0 bridgehead atoms. The second kappa shape index (κ2) is 14.8. The zero-order valence-electron chi connectivity index (χ0n) is 22.5. The Hall–Kier alpha value is 0.163. The van der Waals surface area contributed by atoms with Gasteiger partial charge in [0.25, 0.3) is 0 Å². The first-order chi connectivity index (χ1) is 15.3. The van der Waals surface area contributed by atoms with Crippen LogP contribution in [0.3, 0.4) is 0 Å². The summed E-state index contributed by atoms with van der Waals surface area (Å²) in [6, 6.07) is 0. The zero-order valence-corrected chi connectivity index (χ0v) is 26.5. The van der Waals surface area contributed by atoms with Crippen LogP contribution in [-0.4, -0.2) is 0 Å². The fraction of sp³-hybridized carbons (Fsp3) is 0.613. The summed E-state index contributed by atoms with van der Waals surface area (Å²) < 4.78 is 0. The van der Waals surface area contributed by atoms with Crippen molar-refractivity contribution >= 4 is 17.0 Å². The van der Waals surface area contributed by atoms with E-state index in [-0.39, 0.29) is 20.3 Å². The van der Waals surface area contributed by atoms with Crippen molar-refractivity contribution in [1.29, 1.82) is 0 Å². The van der Waals surface area contributed by atoms with Gasteiger partial charge in [0.2, 0.25) is 0 Å². The van der Waals surface area contributed by atoms with Gasteiger partial charge in [0, 0.05) is 0 Å². The second-order valence-corrected chi connectivity index (χ2v) is 15.3. The fourth-order valence-electron chi connectivity index (χ4n) is 6.79. The van der Waals surface area contributed by atoms with Gasteiger partial charge in [0.05, 0.1) is 0 Å². The molecule has 0 aromatic carbocycles. The van der Waals surface area contributed by atoms with Crippen molar-refractivity contribution in [3.05, 3.63) is 75.1 Å². The molecule has 34 heavy (non-hydrogen) atoms. The molecule has 0 aromatic rings. The average molecular weight is 583 g/mol. The van der Waals surface area contributed by atoms with Crippen molar-refractivity contribution in [3.63, 3.8) is 0 Å². The molecule has 2 fully saturated rings. The first-order valence-electron chi connectivity index (χ1n) is 12.6. The van der Waals surface area contributed by atoms with Gasteiger partial charge < -0.3 is 14.9 Å². The van der Waals surface area contributed by atoms with Crippen molar-refractivity contribution in [2.24, 2.45) is 46.8 Å². The van der Waals surface area contributed by atoms with E-state index >= 15 is 0 Å². The summed E-state index contributed by atoms with van der Waals surface area (Å²) in [7, 11) is 9.87. The predicted molar refractivity (Wildman–Crippen MR) is 151 cm³/mol. The average Bonchev–Trinajstić information content (AvgIpc) is 3.32. The van der Waals surface area contributed by atoms with Crippen LogP contribution in [0, 0.1) is 61.7 Å². The molecule has 3 heteroatoms. The van der Waals surface area contributed by atoms with E-state index in [2.05, 4.69) is 76.8 Å². The van der Waals surface area contributed by atoms with Crippen LogP contribution in [0.25, 0.3) is 0 Å². The van der Waals surface area contributed by atoms with E-state index in [1.807, 2.05) is 0 Å². The van der Waals surface area contributed by atoms with Gasteiger partial charge in [0.1, 0.15) is 0 Å². The van der Waals surface area contributed by atoms with Crippen molar-refractivity contribution in [2.75, 3.05) is 0 Å². The van der Waals surface area contributed by atoms with E-state index in [1.54, 1.807) is 5.57 Å². The summed E-state index contributed by atoms with van der Waals surface area (Å²) in [5, 5.41) is 0. The summed E-state index contributed by atoms with van der Waals surface area (Å²) in [4.78, 5) is 0. The van der Waals surface area contributed by atoms with Crippen molar-refractivity contribution in [1.82, 2.24) is 0 Å². The Morgan fingerprint density at radius 2 is 1.47 bits per heavy atom. The fourth-order valence-corrected chi connectivity index (χ4v) is 6.79. The van der Waals surface area contributed by atoms with Crippen molar-refractivity contribution in [3.8, 4) is 0 Å². The minimum absolute atomic E-state index is 0. The van der Waals surface area contributed by atoms with Crippen LogP contribution in [0.5, 0.6) is 0 Å². The molecule has 0 amide bonds. The van der Waals surface area contributed by atoms with E-state index in [0.717, 1.165) is 29.6 Å². The van der Waals surface area contributed by atoms with Gasteiger partial charge in [-0.25, -0.2) is 0 Å². The Morgan fingerprint density at radius 1 is 0.912 bits per heavy atom. The Kier molecular flexibility index (Phi) is 14.0. The quantitative estimate of drug-likeness (QED) is 0.216. The number of hydrogen-bond donors (Lipinski definition) is 0. The van der Waals surface area contributed by atoms with E-state index in [0.29, 0.717) is 11.8 Å². The molecule has 0 nitrogen and oxygen atoms in total. The topological polar surface area (TPSA) is 0 Å². The van der Waals surface area contributed by atoms with E-state index in [9.17, 15) is 0 Å². The summed E-state index contributed by atoms with van der Waals surface area (Å²) >= 11 is -0.826. The molecule has 0 spiro atoms. The van der Waals surface area contributed by atoms with Crippen LogP contribution in [0.1, 0.15) is 72.6 Å². The first-order valence-corrected chi connectivity index (χ1v) is 19.0. The first kappa shape index (κ1) is 32.2. The van der Waals surface area contributed by atoms with Crippen LogP contribution in [0.4, 0.5) is 0 Å². The van der Waals surface area contributed by atoms with E-state index < -0.39 is 20.8 Å². The van der Waals surface area contributed by atoms with Gasteiger partial charge in [-0.1, -0.05) is 88.1 Å². The van der Waals surface area contributed by atoms with Crippen LogP contribution < -0.4 is 0 Å². The minimum atomic E-state index is -0.826. The normalized spacial score (nSPS) is 33.1. The monoisotopic (exact) mass is 580 g/mol. The van der Waals surface area contributed by atoms with Crippen LogP contribution in [0.15, 0.2) is 60.3 Å². The second-order valence-electron chi connectivity index (χ2n) is 11.5. The molecule has 190 valence electrons. The Bertz CT molecular complexity index is 754. The van der Waals surface area contributed by atoms with Gasteiger partial charge in [0.15, 0.2) is 0 Å².